The molecule has 1 saturated heterocycles. The lowest BCUT2D eigenvalue weighted by molar-refractivity contribution is -0.906. The summed E-state index contributed by atoms with van der Waals surface area (Å²) in [6.45, 7) is 9.07. The van der Waals surface area contributed by atoms with Gasteiger partial charge in [0.15, 0.2) is 0 Å². The number of ether oxygens (including phenoxy) is 1. The minimum absolute atomic E-state index is 0.239. The molecule has 0 aliphatic carbocycles. The van der Waals surface area contributed by atoms with E-state index in [4.69, 9.17) is 4.74 Å². The summed E-state index contributed by atoms with van der Waals surface area (Å²) in [6, 6.07) is 16.9. The molecule has 31 heavy (non-hydrogen) atoms. The minimum atomic E-state index is -0.306. The van der Waals surface area contributed by atoms with Gasteiger partial charge in [-0.25, -0.2) is 0 Å². The largest absolute Gasteiger partial charge is 0.370 e. The number of morpholine rings is 1. The maximum atomic E-state index is 12.9. The Bertz CT molecular complexity index is 886. The number of rotatable bonds is 8. The van der Waals surface area contributed by atoms with Crippen LogP contribution in [-0.4, -0.2) is 51.2 Å². The van der Waals surface area contributed by atoms with Crippen LogP contribution in [0.1, 0.15) is 41.3 Å². The second-order valence-corrected chi connectivity index (χ2v) is 8.07. The minimum Gasteiger partial charge on any atom is -0.370 e. The van der Waals surface area contributed by atoms with Gasteiger partial charge in [0.2, 0.25) is 0 Å². The molecule has 0 unspecified atom stereocenters. The van der Waals surface area contributed by atoms with E-state index in [0.29, 0.717) is 18.0 Å². The Hall–Kier alpha value is -2.96. The standard InChI is InChI=1S/C25H31N3O3/c1-19(2)21-10-8-20(9-11-21)18-23(27-24(29)22-6-4-3-5-7-22)25(30)26-12-13-28-14-16-31-17-15-28/h3-11,18-19H,12-17H2,1-2H3,(H,26,30)(H,27,29)/p+1/b23-18-. The fraction of sp³-hybridized carbons (Fsp3) is 0.360. The molecule has 2 amide bonds. The molecule has 164 valence electrons. The van der Waals surface area contributed by atoms with Crippen molar-refractivity contribution in [3.8, 4) is 0 Å². The average Bonchev–Trinajstić information content (AvgIpc) is 2.80. The second-order valence-electron chi connectivity index (χ2n) is 8.07. The Kier molecular flexibility index (Phi) is 8.38. The maximum Gasteiger partial charge on any atom is 0.268 e. The SMILES string of the molecule is CC(C)c1ccc(/C=C(\NC(=O)c2ccccc2)C(=O)NCC[NH+]2CCOCC2)cc1. The Morgan fingerprint density at radius 2 is 1.71 bits per heavy atom. The van der Waals surface area contributed by atoms with Crippen LogP contribution < -0.4 is 15.5 Å². The number of benzene rings is 2. The summed E-state index contributed by atoms with van der Waals surface area (Å²) < 4.78 is 5.38. The third kappa shape index (κ3) is 7.05. The highest BCUT2D eigenvalue weighted by atomic mass is 16.5. The quantitative estimate of drug-likeness (QED) is 0.566. The van der Waals surface area contributed by atoms with Crippen molar-refractivity contribution in [3.63, 3.8) is 0 Å². The first-order valence-corrected chi connectivity index (χ1v) is 10.9. The molecule has 3 N–H and O–H groups in total. The van der Waals surface area contributed by atoms with Crippen LogP contribution in [0.4, 0.5) is 0 Å². The van der Waals surface area contributed by atoms with E-state index in [-0.39, 0.29) is 17.5 Å². The summed E-state index contributed by atoms with van der Waals surface area (Å²) in [7, 11) is 0. The van der Waals surface area contributed by atoms with E-state index < -0.39 is 0 Å². The number of hydrogen-bond donors (Lipinski definition) is 3. The van der Waals surface area contributed by atoms with Crippen LogP contribution in [0.25, 0.3) is 6.08 Å². The summed E-state index contributed by atoms with van der Waals surface area (Å²) in [4.78, 5) is 27.0. The zero-order valence-corrected chi connectivity index (χ0v) is 18.3. The van der Waals surface area contributed by atoms with Crippen LogP contribution in [0.15, 0.2) is 60.3 Å². The highest BCUT2D eigenvalue weighted by molar-refractivity contribution is 6.05. The molecule has 1 heterocycles. The third-order valence-corrected chi connectivity index (χ3v) is 5.41. The Morgan fingerprint density at radius 3 is 2.35 bits per heavy atom. The van der Waals surface area contributed by atoms with E-state index in [0.717, 1.165) is 38.4 Å². The molecule has 2 aromatic carbocycles. The molecule has 0 spiro atoms. The zero-order chi connectivity index (χ0) is 22.1. The fourth-order valence-electron chi connectivity index (χ4n) is 3.44. The molecular formula is C25H32N3O3+. The molecule has 2 aromatic rings. The number of carbonyl (C=O) groups is 2. The Labute approximate surface area is 184 Å². The topological polar surface area (TPSA) is 71.9 Å². The van der Waals surface area contributed by atoms with E-state index >= 15 is 0 Å². The summed E-state index contributed by atoms with van der Waals surface area (Å²) in [5.41, 5.74) is 2.84. The van der Waals surface area contributed by atoms with Gasteiger partial charge in [-0.1, -0.05) is 56.3 Å². The van der Waals surface area contributed by atoms with Gasteiger partial charge in [-0.3, -0.25) is 9.59 Å². The van der Waals surface area contributed by atoms with Gasteiger partial charge >= 0.3 is 0 Å². The van der Waals surface area contributed by atoms with E-state index in [2.05, 4.69) is 24.5 Å². The van der Waals surface area contributed by atoms with Gasteiger partial charge in [-0.2, -0.15) is 0 Å². The third-order valence-electron chi connectivity index (χ3n) is 5.41. The summed E-state index contributed by atoms with van der Waals surface area (Å²) >= 11 is 0. The van der Waals surface area contributed by atoms with Crippen molar-refractivity contribution < 1.29 is 19.2 Å². The molecule has 3 rings (SSSR count). The summed E-state index contributed by atoms with van der Waals surface area (Å²) in [6.07, 6.45) is 1.72. The maximum absolute atomic E-state index is 12.9. The van der Waals surface area contributed by atoms with Crippen molar-refractivity contribution in [2.24, 2.45) is 0 Å². The van der Waals surface area contributed by atoms with Gasteiger partial charge in [0.1, 0.15) is 18.8 Å². The Morgan fingerprint density at radius 1 is 1.03 bits per heavy atom. The van der Waals surface area contributed by atoms with Gasteiger partial charge in [0.05, 0.1) is 26.3 Å². The predicted octanol–water partition coefficient (Wildman–Crippen LogP) is 1.61. The van der Waals surface area contributed by atoms with Crippen LogP contribution in [0.3, 0.4) is 0 Å². The van der Waals surface area contributed by atoms with E-state index in [1.165, 1.54) is 10.5 Å². The average molecular weight is 423 g/mol. The molecular weight excluding hydrogens is 390 g/mol. The van der Waals surface area contributed by atoms with Crippen molar-refractivity contribution in [1.82, 2.24) is 10.6 Å². The van der Waals surface area contributed by atoms with Crippen LogP contribution in [0.5, 0.6) is 0 Å². The Balaban J connectivity index is 1.70. The van der Waals surface area contributed by atoms with E-state index in [1.807, 2.05) is 30.3 Å². The number of amides is 2. The summed E-state index contributed by atoms with van der Waals surface area (Å²) in [5, 5.41) is 5.74. The molecule has 0 aromatic heterocycles. The van der Waals surface area contributed by atoms with Crippen LogP contribution in [-0.2, 0) is 9.53 Å². The van der Waals surface area contributed by atoms with Crippen LogP contribution in [0, 0.1) is 0 Å². The number of hydrogen-bond acceptors (Lipinski definition) is 3. The molecule has 0 atom stereocenters. The van der Waals surface area contributed by atoms with Crippen molar-refractivity contribution in [3.05, 3.63) is 77.0 Å². The lowest BCUT2D eigenvalue weighted by atomic mass is 10.0. The molecule has 6 heteroatoms. The molecule has 1 aliphatic rings. The molecule has 0 saturated carbocycles. The van der Waals surface area contributed by atoms with Gasteiger partial charge < -0.3 is 20.3 Å². The lowest BCUT2D eigenvalue weighted by Gasteiger charge is -2.23. The van der Waals surface area contributed by atoms with Gasteiger partial charge in [0, 0.05) is 5.56 Å². The van der Waals surface area contributed by atoms with E-state index in [9.17, 15) is 9.59 Å². The number of quaternary nitrogens is 1. The zero-order valence-electron chi connectivity index (χ0n) is 18.3. The summed E-state index contributed by atoms with van der Waals surface area (Å²) in [5.74, 6) is -0.161. The second kappa shape index (κ2) is 11.4. The van der Waals surface area contributed by atoms with Gasteiger partial charge in [0.25, 0.3) is 11.8 Å². The first kappa shape index (κ1) is 22.7. The molecule has 6 nitrogen and oxygen atoms in total. The highest BCUT2D eigenvalue weighted by Gasteiger charge is 2.17. The van der Waals surface area contributed by atoms with E-state index in [1.54, 1.807) is 30.3 Å². The van der Waals surface area contributed by atoms with Crippen LogP contribution >= 0.6 is 0 Å². The predicted molar refractivity (Wildman–Crippen MR) is 122 cm³/mol. The smallest absolute Gasteiger partial charge is 0.268 e. The van der Waals surface area contributed by atoms with Crippen molar-refractivity contribution in [1.29, 1.82) is 0 Å². The van der Waals surface area contributed by atoms with Gasteiger partial charge in [-0.15, -0.1) is 0 Å². The van der Waals surface area contributed by atoms with Gasteiger partial charge in [-0.05, 0) is 35.3 Å². The monoisotopic (exact) mass is 422 g/mol. The molecule has 0 radical (unpaired) electrons. The number of carbonyl (C=O) groups excluding carboxylic acids is 2. The fourth-order valence-corrected chi connectivity index (χ4v) is 3.44. The molecule has 1 aliphatic heterocycles. The highest BCUT2D eigenvalue weighted by Crippen LogP contribution is 2.16. The van der Waals surface area contributed by atoms with Crippen molar-refractivity contribution >= 4 is 17.9 Å². The number of nitrogens with one attached hydrogen (secondary N) is 3. The van der Waals surface area contributed by atoms with Crippen LogP contribution in [0.2, 0.25) is 0 Å². The van der Waals surface area contributed by atoms with Crippen molar-refractivity contribution in [2.75, 3.05) is 39.4 Å². The lowest BCUT2D eigenvalue weighted by Crippen LogP contribution is -3.14. The normalized spacial score (nSPS) is 15.0. The first-order chi connectivity index (χ1) is 15.0. The molecule has 0 bridgehead atoms. The molecule has 1 fully saturated rings. The van der Waals surface area contributed by atoms with Crippen molar-refractivity contribution in [2.45, 2.75) is 19.8 Å². The first-order valence-electron chi connectivity index (χ1n) is 10.9.